The summed E-state index contributed by atoms with van der Waals surface area (Å²) in [6.07, 6.45) is 3.51. The Labute approximate surface area is 139 Å². The highest BCUT2D eigenvalue weighted by molar-refractivity contribution is 7.21. The lowest BCUT2D eigenvalue weighted by molar-refractivity contribution is 0.340. The lowest BCUT2D eigenvalue weighted by atomic mass is 10.2. The molecule has 0 aliphatic heterocycles. The number of rotatable bonds is 5. The van der Waals surface area contributed by atoms with Gasteiger partial charge in [-0.25, -0.2) is 0 Å². The van der Waals surface area contributed by atoms with Crippen LogP contribution in [0.15, 0.2) is 47.7 Å². The number of aliphatic imine (C=N–C) groups is 1. The number of pyridine rings is 1. The van der Waals surface area contributed by atoms with Crippen molar-refractivity contribution in [3.8, 4) is 11.5 Å². The van der Waals surface area contributed by atoms with E-state index in [9.17, 15) is 5.11 Å². The number of hydrogen-bond acceptors (Lipinski definition) is 5. The number of thiophene rings is 1. The molecule has 4 nitrogen and oxygen atoms in total. The van der Waals surface area contributed by atoms with Gasteiger partial charge in [0.25, 0.3) is 0 Å². The van der Waals surface area contributed by atoms with Crippen LogP contribution in [0, 0.1) is 0 Å². The smallest absolute Gasteiger partial charge is 0.143 e. The molecular weight excluding hydrogens is 308 g/mol. The maximum Gasteiger partial charge on any atom is 0.143 e. The molecule has 3 rings (SSSR count). The predicted molar refractivity (Wildman–Crippen MR) is 94.8 cm³/mol. The first kappa shape index (κ1) is 15.5. The summed E-state index contributed by atoms with van der Waals surface area (Å²) in [5.41, 5.74) is 1.93. The first-order valence-electron chi connectivity index (χ1n) is 7.47. The molecule has 1 aromatic carbocycles. The Morgan fingerprint density at radius 3 is 2.78 bits per heavy atom. The molecule has 0 radical (unpaired) electrons. The van der Waals surface area contributed by atoms with E-state index in [1.54, 1.807) is 23.7 Å². The van der Waals surface area contributed by atoms with E-state index >= 15 is 0 Å². The van der Waals surface area contributed by atoms with E-state index in [2.05, 4.69) is 9.98 Å². The molecule has 5 heteroatoms. The number of hydrogen-bond donors (Lipinski definition) is 1. The molecule has 0 saturated heterocycles. The molecule has 0 unspecified atom stereocenters. The molecule has 1 N–H and O–H groups in total. The van der Waals surface area contributed by atoms with Crippen LogP contribution in [0.2, 0.25) is 0 Å². The Bertz CT molecular complexity index is 841. The van der Waals surface area contributed by atoms with Gasteiger partial charge >= 0.3 is 0 Å². The zero-order valence-electron chi connectivity index (χ0n) is 13.1. The largest absolute Gasteiger partial charge is 0.506 e. The fourth-order valence-corrected chi connectivity index (χ4v) is 3.38. The Balaban J connectivity index is 1.91. The third-order valence-electron chi connectivity index (χ3n) is 3.52. The molecule has 0 fully saturated rings. The van der Waals surface area contributed by atoms with Crippen molar-refractivity contribution in [1.29, 1.82) is 0 Å². The van der Waals surface area contributed by atoms with Crippen molar-refractivity contribution in [3.05, 3.63) is 53.2 Å². The topological polar surface area (TPSA) is 54.7 Å². The predicted octanol–water partition coefficient (Wildman–Crippen LogP) is 4.41. The summed E-state index contributed by atoms with van der Waals surface area (Å²) in [7, 11) is 0. The van der Waals surface area contributed by atoms with Crippen LogP contribution in [0.5, 0.6) is 11.5 Å². The maximum atomic E-state index is 10.5. The van der Waals surface area contributed by atoms with Crippen LogP contribution in [0.3, 0.4) is 0 Å². The van der Waals surface area contributed by atoms with Gasteiger partial charge in [-0.3, -0.25) is 9.98 Å². The van der Waals surface area contributed by atoms with Gasteiger partial charge in [0.1, 0.15) is 11.5 Å². The van der Waals surface area contributed by atoms with Gasteiger partial charge in [0, 0.05) is 22.5 Å². The van der Waals surface area contributed by atoms with Gasteiger partial charge in [-0.15, -0.1) is 11.3 Å². The third kappa shape index (κ3) is 3.35. The minimum atomic E-state index is 0.280. The molecule has 0 aliphatic rings. The molecule has 118 valence electrons. The van der Waals surface area contributed by atoms with E-state index in [-0.39, 0.29) is 5.75 Å². The molecule has 0 atom stereocenters. The van der Waals surface area contributed by atoms with E-state index < -0.39 is 0 Å². The van der Waals surface area contributed by atoms with Crippen LogP contribution in [0.4, 0.5) is 0 Å². The van der Waals surface area contributed by atoms with Crippen LogP contribution in [0.25, 0.3) is 10.1 Å². The first-order valence-corrected chi connectivity index (χ1v) is 8.29. The van der Waals surface area contributed by atoms with Crippen LogP contribution >= 0.6 is 11.3 Å². The maximum absolute atomic E-state index is 10.5. The normalized spacial score (nSPS) is 11.8. The van der Waals surface area contributed by atoms with Crippen molar-refractivity contribution in [2.75, 3.05) is 6.61 Å². The van der Waals surface area contributed by atoms with E-state index in [4.69, 9.17) is 4.74 Å². The summed E-state index contributed by atoms with van der Waals surface area (Å²) >= 11 is 1.55. The third-order valence-corrected chi connectivity index (χ3v) is 4.79. The molecule has 3 aromatic rings. The minimum absolute atomic E-state index is 0.280. The van der Waals surface area contributed by atoms with E-state index in [1.807, 2.05) is 44.2 Å². The van der Waals surface area contributed by atoms with Crippen LogP contribution in [0.1, 0.15) is 24.3 Å². The zero-order chi connectivity index (χ0) is 16.2. The summed E-state index contributed by atoms with van der Waals surface area (Å²) in [6, 6.07) is 9.66. The highest BCUT2D eigenvalue weighted by Gasteiger charge is 2.14. The molecular formula is C18H18N2O2S. The summed E-state index contributed by atoms with van der Waals surface area (Å²) in [5.74, 6) is 1.05. The number of nitrogens with zero attached hydrogens (tertiary/aromatic N) is 2. The standard InChI is InChI=1S/C18H18N2O2S/c1-3-22-14-4-5-16-15(10-14)17(21)18(23-16)12(2)20-11-13-6-8-19-9-7-13/h4-10,21H,3,11H2,1-2H3. The molecule has 0 amide bonds. The van der Waals surface area contributed by atoms with Crippen molar-refractivity contribution in [3.63, 3.8) is 0 Å². The molecule has 0 aliphatic carbocycles. The van der Waals surface area contributed by atoms with Gasteiger partial charge in [-0.1, -0.05) is 0 Å². The SMILES string of the molecule is CCOc1ccc2sc(C(C)=NCc3ccncc3)c(O)c2c1. The lowest BCUT2D eigenvalue weighted by Crippen LogP contribution is -1.93. The molecule has 23 heavy (non-hydrogen) atoms. The van der Waals surface area contributed by atoms with Gasteiger partial charge in [0.2, 0.25) is 0 Å². The van der Waals surface area contributed by atoms with E-state index in [0.29, 0.717) is 13.2 Å². The summed E-state index contributed by atoms with van der Waals surface area (Å²) in [5, 5.41) is 11.3. The second kappa shape index (κ2) is 6.79. The quantitative estimate of drug-likeness (QED) is 0.707. The Kier molecular flexibility index (Phi) is 4.57. The highest BCUT2D eigenvalue weighted by Crippen LogP contribution is 2.39. The summed E-state index contributed by atoms with van der Waals surface area (Å²) < 4.78 is 6.53. The monoisotopic (exact) mass is 326 g/mol. The number of fused-ring (bicyclic) bond motifs is 1. The van der Waals surface area contributed by atoms with Crippen molar-refractivity contribution in [1.82, 2.24) is 4.98 Å². The molecule has 0 spiro atoms. The summed E-state index contributed by atoms with van der Waals surface area (Å²) in [4.78, 5) is 9.39. The van der Waals surface area contributed by atoms with Gasteiger partial charge in [0.05, 0.1) is 23.7 Å². The van der Waals surface area contributed by atoms with E-state index in [1.165, 1.54) is 0 Å². The second-order valence-electron chi connectivity index (χ2n) is 5.13. The summed E-state index contributed by atoms with van der Waals surface area (Å²) in [6.45, 7) is 5.05. The van der Waals surface area contributed by atoms with Gasteiger partial charge in [-0.2, -0.15) is 0 Å². The Hall–Kier alpha value is -2.40. The highest BCUT2D eigenvalue weighted by atomic mass is 32.1. The zero-order valence-corrected chi connectivity index (χ0v) is 13.9. The average molecular weight is 326 g/mol. The van der Waals surface area contributed by atoms with Crippen molar-refractivity contribution in [2.45, 2.75) is 20.4 Å². The van der Waals surface area contributed by atoms with Crippen LogP contribution in [-0.4, -0.2) is 22.4 Å². The van der Waals surface area contributed by atoms with Crippen LogP contribution < -0.4 is 4.74 Å². The first-order chi connectivity index (χ1) is 11.2. The molecule has 2 heterocycles. The van der Waals surface area contributed by atoms with Gasteiger partial charge in [-0.05, 0) is 49.7 Å². The average Bonchev–Trinajstić information content (AvgIpc) is 2.91. The fourth-order valence-electron chi connectivity index (χ4n) is 2.34. The molecule has 0 saturated carbocycles. The van der Waals surface area contributed by atoms with Crippen molar-refractivity contribution in [2.24, 2.45) is 4.99 Å². The van der Waals surface area contributed by atoms with E-state index in [0.717, 1.165) is 32.0 Å². The Morgan fingerprint density at radius 2 is 2.04 bits per heavy atom. The molecule has 0 bridgehead atoms. The second-order valence-corrected chi connectivity index (χ2v) is 6.18. The van der Waals surface area contributed by atoms with Crippen molar-refractivity contribution < 1.29 is 9.84 Å². The number of benzene rings is 1. The molecule has 2 aromatic heterocycles. The van der Waals surface area contributed by atoms with Gasteiger partial charge < -0.3 is 9.84 Å². The number of aromatic hydroxyl groups is 1. The Morgan fingerprint density at radius 1 is 1.26 bits per heavy atom. The van der Waals surface area contributed by atoms with Crippen molar-refractivity contribution >= 4 is 27.1 Å². The van der Waals surface area contributed by atoms with Gasteiger partial charge in [0.15, 0.2) is 0 Å². The fraction of sp³-hybridized carbons (Fsp3) is 0.222. The lowest BCUT2D eigenvalue weighted by Gasteiger charge is -2.02. The number of aromatic nitrogens is 1. The van der Waals surface area contributed by atoms with Crippen LogP contribution in [-0.2, 0) is 6.54 Å². The number of ether oxygens (including phenoxy) is 1. The minimum Gasteiger partial charge on any atom is -0.506 e.